The Kier molecular flexibility index (Phi) is 6.57. The van der Waals surface area contributed by atoms with Crippen molar-refractivity contribution in [2.75, 3.05) is 25.0 Å². The number of rotatable bonds is 6. The summed E-state index contributed by atoms with van der Waals surface area (Å²) in [6.45, 7) is 0.304. The average Bonchev–Trinajstić information content (AvgIpc) is 2.83. The number of fused-ring (bicyclic) bond motifs is 1. The zero-order valence-corrected chi connectivity index (χ0v) is 18.5. The molecule has 9 nitrogen and oxygen atoms in total. The van der Waals surface area contributed by atoms with Crippen LogP contribution in [0.15, 0.2) is 68.7 Å². The lowest BCUT2D eigenvalue weighted by atomic mass is 10.2. The number of hydrogen-bond donors (Lipinski definition) is 1. The number of carbonyl (C=O) groups is 2. The minimum Gasteiger partial charge on any atom is -0.450 e. The normalized spacial score (nSPS) is 14.7. The van der Waals surface area contributed by atoms with Gasteiger partial charge in [-0.15, -0.1) is 0 Å². The summed E-state index contributed by atoms with van der Waals surface area (Å²) in [7, 11) is -3.65. The van der Waals surface area contributed by atoms with Gasteiger partial charge in [0.25, 0.3) is 5.91 Å². The molecule has 10 heteroatoms. The molecule has 1 aliphatic rings. The molecule has 2 aromatic carbocycles. The first-order valence-electron chi connectivity index (χ1n) is 10.4. The number of hydrogen-bond acceptors (Lipinski definition) is 7. The number of nitrogens with zero attached hydrogens (tertiary/aromatic N) is 1. The van der Waals surface area contributed by atoms with Crippen LogP contribution >= 0.6 is 0 Å². The van der Waals surface area contributed by atoms with Crippen molar-refractivity contribution in [2.24, 2.45) is 0 Å². The number of amides is 1. The third-order valence-corrected chi connectivity index (χ3v) is 7.14. The van der Waals surface area contributed by atoms with E-state index in [2.05, 4.69) is 5.32 Å². The van der Waals surface area contributed by atoms with E-state index in [0.29, 0.717) is 18.5 Å². The van der Waals surface area contributed by atoms with E-state index in [9.17, 15) is 22.8 Å². The molecule has 0 saturated carbocycles. The van der Waals surface area contributed by atoms with Gasteiger partial charge in [-0.3, -0.25) is 9.59 Å². The van der Waals surface area contributed by atoms with Crippen LogP contribution < -0.4 is 10.7 Å². The molecule has 3 aromatic rings. The van der Waals surface area contributed by atoms with Crippen molar-refractivity contribution in [2.45, 2.75) is 24.2 Å². The first-order valence-corrected chi connectivity index (χ1v) is 11.9. The van der Waals surface area contributed by atoms with Crippen LogP contribution in [0.3, 0.4) is 0 Å². The van der Waals surface area contributed by atoms with Crippen molar-refractivity contribution in [3.05, 3.63) is 70.6 Å². The van der Waals surface area contributed by atoms with Crippen LogP contribution in [0.1, 0.15) is 29.8 Å². The summed E-state index contributed by atoms with van der Waals surface area (Å²) in [4.78, 5) is 36.7. The van der Waals surface area contributed by atoms with E-state index in [0.717, 1.165) is 25.3 Å². The molecule has 1 saturated heterocycles. The second-order valence-corrected chi connectivity index (χ2v) is 9.53. The van der Waals surface area contributed by atoms with Crippen molar-refractivity contribution in [3.8, 4) is 0 Å². The molecule has 1 amide bonds. The van der Waals surface area contributed by atoms with Crippen LogP contribution in [0, 0.1) is 0 Å². The Hall–Kier alpha value is -3.50. The van der Waals surface area contributed by atoms with E-state index < -0.39 is 33.9 Å². The quantitative estimate of drug-likeness (QED) is 0.550. The summed E-state index contributed by atoms with van der Waals surface area (Å²) in [5.41, 5.74) is 0.0829. The number of para-hydroxylation sites is 1. The Balaban J connectivity index is 1.40. The Morgan fingerprint density at radius 1 is 1.00 bits per heavy atom. The van der Waals surface area contributed by atoms with Gasteiger partial charge in [0.05, 0.1) is 10.3 Å². The summed E-state index contributed by atoms with van der Waals surface area (Å²) < 4.78 is 37.4. The molecule has 0 unspecified atom stereocenters. The maximum absolute atomic E-state index is 12.8. The van der Waals surface area contributed by atoms with E-state index >= 15 is 0 Å². The first kappa shape index (κ1) is 22.7. The topological polar surface area (TPSA) is 123 Å². The van der Waals surface area contributed by atoms with Crippen molar-refractivity contribution in [3.63, 3.8) is 0 Å². The van der Waals surface area contributed by atoms with Crippen LogP contribution in [0.5, 0.6) is 0 Å². The maximum Gasteiger partial charge on any atom is 0.374 e. The molecule has 172 valence electrons. The zero-order valence-electron chi connectivity index (χ0n) is 17.7. The van der Waals surface area contributed by atoms with Crippen molar-refractivity contribution in [1.82, 2.24) is 4.31 Å². The third-order valence-electron chi connectivity index (χ3n) is 5.24. The van der Waals surface area contributed by atoms with Gasteiger partial charge in [0, 0.05) is 24.8 Å². The second-order valence-electron chi connectivity index (χ2n) is 7.59. The fourth-order valence-electron chi connectivity index (χ4n) is 3.59. The number of carbonyl (C=O) groups excluding carboxylic acids is 2. The molecule has 1 fully saturated rings. The van der Waals surface area contributed by atoms with Gasteiger partial charge in [-0.25, -0.2) is 13.2 Å². The molecular formula is C23H22N2O7S. The molecule has 0 spiro atoms. The SMILES string of the molecule is O=C(COC(=O)c1cc(=O)c2ccccc2o1)Nc1cccc(S(=O)(=O)N2CCCCC2)c1. The van der Waals surface area contributed by atoms with Crippen molar-refractivity contribution in [1.29, 1.82) is 0 Å². The fourth-order valence-corrected chi connectivity index (χ4v) is 5.16. The van der Waals surface area contributed by atoms with E-state index in [1.165, 1.54) is 28.6 Å². The number of sulfonamides is 1. The first-order chi connectivity index (χ1) is 15.8. The monoisotopic (exact) mass is 470 g/mol. The highest BCUT2D eigenvalue weighted by Crippen LogP contribution is 2.23. The molecule has 4 rings (SSSR count). The lowest BCUT2D eigenvalue weighted by molar-refractivity contribution is -0.119. The highest BCUT2D eigenvalue weighted by Gasteiger charge is 2.26. The fraction of sp³-hybridized carbons (Fsp3) is 0.261. The number of piperidine rings is 1. The second kappa shape index (κ2) is 9.55. The van der Waals surface area contributed by atoms with Crippen molar-refractivity contribution < 1.29 is 27.2 Å². The van der Waals surface area contributed by atoms with E-state index in [-0.39, 0.29) is 21.9 Å². The molecule has 0 radical (unpaired) electrons. The largest absolute Gasteiger partial charge is 0.450 e. The van der Waals surface area contributed by atoms with Gasteiger partial charge < -0.3 is 14.5 Å². The molecular weight excluding hydrogens is 448 g/mol. The molecule has 0 bridgehead atoms. The highest BCUT2D eigenvalue weighted by atomic mass is 32.2. The minimum absolute atomic E-state index is 0.0807. The number of anilines is 1. The van der Waals surface area contributed by atoms with Crippen LogP contribution in [0.25, 0.3) is 11.0 Å². The molecule has 1 aliphatic heterocycles. The van der Waals surface area contributed by atoms with E-state index in [1.54, 1.807) is 24.3 Å². The predicted octanol–water partition coefficient (Wildman–Crippen LogP) is 2.76. The minimum atomic E-state index is -3.65. The molecule has 1 N–H and O–H groups in total. The summed E-state index contributed by atoms with van der Waals surface area (Å²) in [5.74, 6) is -1.95. The van der Waals surface area contributed by atoms with Crippen LogP contribution in [-0.4, -0.2) is 44.3 Å². The summed E-state index contributed by atoms with van der Waals surface area (Å²) in [6.07, 6.45) is 2.64. The van der Waals surface area contributed by atoms with Gasteiger partial charge in [0.1, 0.15) is 5.58 Å². The lowest BCUT2D eigenvalue weighted by Crippen LogP contribution is -2.35. The molecule has 0 atom stereocenters. The maximum atomic E-state index is 12.8. The molecule has 1 aromatic heterocycles. The Morgan fingerprint density at radius 3 is 2.55 bits per heavy atom. The zero-order chi connectivity index (χ0) is 23.4. The predicted molar refractivity (Wildman–Crippen MR) is 120 cm³/mol. The highest BCUT2D eigenvalue weighted by molar-refractivity contribution is 7.89. The van der Waals surface area contributed by atoms with Gasteiger partial charge in [-0.2, -0.15) is 4.31 Å². The number of benzene rings is 2. The standard InChI is InChI=1S/C23H22N2O7S/c26-19-14-21(32-20-10-3-2-9-18(19)20)23(28)31-15-22(27)24-16-7-6-8-17(13-16)33(29,30)25-11-4-1-5-12-25/h2-3,6-10,13-14H,1,4-5,11-12,15H2,(H,24,27). The van der Waals surface area contributed by atoms with Gasteiger partial charge in [-0.05, 0) is 43.2 Å². The summed E-state index contributed by atoms with van der Waals surface area (Å²) >= 11 is 0. The number of nitrogens with one attached hydrogen (secondary N) is 1. The van der Waals surface area contributed by atoms with Gasteiger partial charge in [0.2, 0.25) is 15.8 Å². The number of ether oxygens (including phenoxy) is 1. The van der Waals surface area contributed by atoms with E-state index in [4.69, 9.17) is 9.15 Å². The van der Waals surface area contributed by atoms with Crippen LogP contribution in [0.2, 0.25) is 0 Å². The van der Waals surface area contributed by atoms with Gasteiger partial charge in [-0.1, -0.05) is 24.6 Å². The molecule has 0 aliphatic carbocycles. The van der Waals surface area contributed by atoms with Crippen molar-refractivity contribution >= 4 is 38.6 Å². The average molecular weight is 471 g/mol. The lowest BCUT2D eigenvalue weighted by Gasteiger charge is -2.26. The van der Waals surface area contributed by atoms with E-state index in [1.807, 2.05) is 0 Å². The smallest absolute Gasteiger partial charge is 0.374 e. The van der Waals surface area contributed by atoms with Crippen LogP contribution in [0.4, 0.5) is 5.69 Å². The third kappa shape index (κ3) is 5.12. The summed E-state index contributed by atoms with van der Waals surface area (Å²) in [5, 5.41) is 2.84. The number of esters is 1. The Morgan fingerprint density at radius 2 is 1.76 bits per heavy atom. The van der Waals surface area contributed by atoms with Crippen LogP contribution in [-0.2, 0) is 19.6 Å². The molecule has 33 heavy (non-hydrogen) atoms. The van der Waals surface area contributed by atoms with Gasteiger partial charge >= 0.3 is 5.97 Å². The Labute approximate surface area is 190 Å². The molecule has 2 heterocycles. The van der Waals surface area contributed by atoms with Gasteiger partial charge in [0.15, 0.2) is 12.0 Å². The Bertz CT molecular complexity index is 1360. The summed E-state index contributed by atoms with van der Waals surface area (Å²) in [6, 6.07) is 13.4.